The standard InChI is InChI=1S/C18H29N5O/c1-2-21-10-12-23(13-11-21)18(24)20-15-16-6-7-17(19-14-16)22-8-4-3-5-9-22/h6-7,14H,2-5,8-13,15H2,1H3,(H,20,24). The van der Waals surface area contributed by atoms with Crippen LogP contribution in [0, 0.1) is 0 Å². The van der Waals surface area contributed by atoms with Gasteiger partial charge >= 0.3 is 6.03 Å². The molecule has 0 spiro atoms. The molecule has 0 radical (unpaired) electrons. The van der Waals surface area contributed by atoms with Crippen LogP contribution in [0.4, 0.5) is 10.6 Å². The van der Waals surface area contributed by atoms with Crippen LogP contribution in [0.25, 0.3) is 0 Å². The quantitative estimate of drug-likeness (QED) is 0.916. The van der Waals surface area contributed by atoms with Gasteiger partial charge in [0.1, 0.15) is 5.82 Å². The zero-order valence-electron chi connectivity index (χ0n) is 14.7. The second-order valence-electron chi connectivity index (χ2n) is 6.65. The Kier molecular flexibility index (Phi) is 5.91. The van der Waals surface area contributed by atoms with Crippen molar-refractivity contribution in [1.82, 2.24) is 20.1 Å². The maximum Gasteiger partial charge on any atom is 0.317 e. The Bertz CT molecular complexity index is 519. The largest absolute Gasteiger partial charge is 0.357 e. The average Bonchev–Trinajstić information content (AvgIpc) is 2.67. The summed E-state index contributed by atoms with van der Waals surface area (Å²) in [7, 11) is 0. The molecule has 132 valence electrons. The van der Waals surface area contributed by atoms with Gasteiger partial charge in [0.2, 0.25) is 0 Å². The van der Waals surface area contributed by atoms with Gasteiger partial charge in [0.25, 0.3) is 0 Å². The number of anilines is 1. The monoisotopic (exact) mass is 331 g/mol. The van der Waals surface area contributed by atoms with Gasteiger partial charge < -0.3 is 20.0 Å². The van der Waals surface area contributed by atoms with Crippen molar-refractivity contribution in [1.29, 1.82) is 0 Å². The third-order valence-corrected chi connectivity index (χ3v) is 5.04. The number of carbonyl (C=O) groups excluding carboxylic acids is 1. The van der Waals surface area contributed by atoms with E-state index in [9.17, 15) is 4.79 Å². The van der Waals surface area contributed by atoms with E-state index in [1.807, 2.05) is 11.1 Å². The number of carbonyl (C=O) groups is 1. The third kappa shape index (κ3) is 4.38. The molecule has 0 aliphatic carbocycles. The number of aromatic nitrogens is 1. The van der Waals surface area contributed by atoms with Crippen molar-refractivity contribution < 1.29 is 4.79 Å². The zero-order chi connectivity index (χ0) is 16.8. The highest BCUT2D eigenvalue weighted by atomic mass is 16.2. The summed E-state index contributed by atoms with van der Waals surface area (Å²) in [5.41, 5.74) is 1.05. The van der Waals surface area contributed by atoms with Crippen LogP contribution in [-0.2, 0) is 6.54 Å². The molecule has 0 atom stereocenters. The third-order valence-electron chi connectivity index (χ3n) is 5.04. The van der Waals surface area contributed by atoms with Crippen molar-refractivity contribution in [3.63, 3.8) is 0 Å². The average molecular weight is 331 g/mol. The lowest BCUT2D eigenvalue weighted by Gasteiger charge is -2.34. The Morgan fingerprint density at radius 1 is 1.08 bits per heavy atom. The number of hydrogen-bond acceptors (Lipinski definition) is 4. The van der Waals surface area contributed by atoms with Crippen molar-refractivity contribution in [2.75, 3.05) is 50.7 Å². The van der Waals surface area contributed by atoms with E-state index < -0.39 is 0 Å². The highest BCUT2D eigenvalue weighted by Crippen LogP contribution is 2.17. The second-order valence-corrected chi connectivity index (χ2v) is 6.65. The molecule has 6 heteroatoms. The van der Waals surface area contributed by atoms with Gasteiger partial charge in [0.15, 0.2) is 0 Å². The summed E-state index contributed by atoms with van der Waals surface area (Å²) in [4.78, 5) is 23.4. The molecule has 2 amide bonds. The Labute approximate surface area is 144 Å². The summed E-state index contributed by atoms with van der Waals surface area (Å²) in [6.45, 7) is 9.53. The molecule has 2 saturated heterocycles. The lowest BCUT2D eigenvalue weighted by Crippen LogP contribution is -2.51. The molecule has 0 unspecified atom stereocenters. The van der Waals surface area contributed by atoms with Crippen LogP contribution < -0.4 is 10.2 Å². The highest BCUT2D eigenvalue weighted by Gasteiger charge is 2.19. The maximum absolute atomic E-state index is 12.2. The SMILES string of the molecule is CCN1CCN(C(=O)NCc2ccc(N3CCCCC3)nc2)CC1. The van der Waals surface area contributed by atoms with Crippen molar-refractivity contribution in [2.24, 2.45) is 0 Å². The van der Waals surface area contributed by atoms with Crippen LogP contribution in [0.15, 0.2) is 18.3 Å². The molecule has 0 bridgehead atoms. The molecule has 24 heavy (non-hydrogen) atoms. The number of nitrogens with one attached hydrogen (secondary N) is 1. The molecule has 2 aliphatic rings. The number of piperazine rings is 1. The van der Waals surface area contributed by atoms with Crippen molar-refractivity contribution in [2.45, 2.75) is 32.7 Å². The summed E-state index contributed by atoms with van der Waals surface area (Å²) in [5.74, 6) is 1.06. The van der Waals surface area contributed by atoms with Crippen LogP contribution in [0.2, 0.25) is 0 Å². The van der Waals surface area contributed by atoms with Gasteiger partial charge in [-0.2, -0.15) is 0 Å². The molecule has 0 saturated carbocycles. The minimum absolute atomic E-state index is 0.0332. The fourth-order valence-electron chi connectivity index (χ4n) is 3.39. The van der Waals surface area contributed by atoms with Crippen molar-refractivity contribution in [3.05, 3.63) is 23.9 Å². The fraction of sp³-hybridized carbons (Fsp3) is 0.667. The first kappa shape index (κ1) is 17.0. The lowest BCUT2D eigenvalue weighted by atomic mass is 10.1. The van der Waals surface area contributed by atoms with Gasteiger partial charge in [-0.3, -0.25) is 0 Å². The molecular formula is C18H29N5O. The smallest absolute Gasteiger partial charge is 0.317 e. The minimum atomic E-state index is 0.0332. The number of rotatable bonds is 4. The predicted molar refractivity (Wildman–Crippen MR) is 96.2 cm³/mol. The van der Waals surface area contributed by atoms with Gasteiger partial charge in [-0.05, 0) is 37.4 Å². The molecule has 2 fully saturated rings. The van der Waals surface area contributed by atoms with Gasteiger partial charge in [-0.25, -0.2) is 9.78 Å². The van der Waals surface area contributed by atoms with Gasteiger partial charge in [0.05, 0.1) is 0 Å². The highest BCUT2D eigenvalue weighted by molar-refractivity contribution is 5.74. The first-order valence-corrected chi connectivity index (χ1v) is 9.21. The van der Waals surface area contributed by atoms with Crippen molar-refractivity contribution in [3.8, 4) is 0 Å². The van der Waals surface area contributed by atoms with E-state index in [2.05, 4.69) is 39.2 Å². The number of piperidine rings is 1. The molecule has 6 nitrogen and oxygen atoms in total. The van der Waals surface area contributed by atoms with Crippen molar-refractivity contribution >= 4 is 11.8 Å². The molecule has 3 heterocycles. The Morgan fingerprint density at radius 2 is 1.83 bits per heavy atom. The molecule has 2 aliphatic heterocycles. The van der Waals surface area contributed by atoms with Crippen LogP contribution in [0.3, 0.4) is 0 Å². The minimum Gasteiger partial charge on any atom is -0.357 e. The van der Waals surface area contributed by atoms with E-state index in [1.165, 1.54) is 19.3 Å². The van der Waals surface area contributed by atoms with Crippen LogP contribution in [0.1, 0.15) is 31.7 Å². The molecule has 0 aromatic carbocycles. The number of pyridine rings is 1. The van der Waals surface area contributed by atoms with Crippen LogP contribution in [-0.4, -0.2) is 66.6 Å². The number of urea groups is 1. The first-order chi connectivity index (χ1) is 11.8. The molecular weight excluding hydrogens is 302 g/mol. The molecule has 1 aromatic heterocycles. The Morgan fingerprint density at radius 3 is 2.46 bits per heavy atom. The number of likely N-dealkylation sites (N-methyl/N-ethyl adjacent to an activating group) is 1. The van der Waals surface area contributed by atoms with Crippen LogP contribution >= 0.6 is 0 Å². The van der Waals surface area contributed by atoms with Gasteiger partial charge in [0, 0.05) is 52.0 Å². The second kappa shape index (κ2) is 8.33. The maximum atomic E-state index is 12.2. The first-order valence-electron chi connectivity index (χ1n) is 9.21. The molecule has 1 aromatic rings. The van der Waals surface area contributed by atoms with Crippen LogP contribution in [0.5, 0.6) is 0 Å². The summed E-state index contributed by atoms with van der Waals surface area (Å²) in [6, 6.07) is 4.19. The van der Waals surface area contributed by atoms with E-state index in [4.69, 9.17) is 0 Å². The number of nitrogens with zero attached hydrogens (tertiary/aromatic N) is 4. The van der Waals surface area contributed by atoms with Gasteiger partial charge in [-0.1, -0.05) is 13.0 Å². The van der Waals surface area contributed by atoms with E-state index >= 15 is 0 Å². The predicted octanol–water partition coefficient (Wildman–Crippen LogP) is 1.92. The van der Waals surface area contributed by atoms with E-state index in [1.54, 1.807) is 0 Å². The zero-order valence-corrected chi connectivity index (χ0v) is 14.7. The van der Waals surface area contributed by atoms with E-state index in [0.717, 1.165) is 57.2 Å². The molecule has 3 rings (SSSR count). The fourth-order valence-corrected chi connectivity index (χ4v) is 3.39. The van der Waals surface area contributed by atoms with E-state index in [0.29, 0.717) is 6.54 Å². The van der Waals surface area contributed by atoms with E-state index in [-0.39, 0.29) is 6.03 Å². The summed E-state index contributed by atoms with van der Waals surface area (Å²) >= 11 is 0. The summed E-state index contributed by atoms with van der Waals surface area (Å²) < 4.78 is 0. The molecule has 1 N–H and O–H groups in total. The topological polar surface area (TPSA) is 51.7 Å². The number of hydrogen-bond donors (Lipinski definition) is 1. The number of amides is 2. The lowest BCUT2D eigenvalue weighted by molar-refractivity contribution is 0.142. The normalized spacial score (nSPS) is 19.4. The van der Waals surface area contributed by atoms with Gasteiger partial charge in [-0.15, -0.1) is 0 Å². The summed E-state index contributed by atoms with van der Waals surface area (Å²) in [5, 5.41) is 3.02. The Hall–Kier alpha value is -1.82. The Balaban J connectivity index is 1.45. The summed E-state index contributed by atoms with van der Waals surface area (Å²) in [6.07, 6.45) is 5.72.